The smallest absolute Gasteiger partial charge is 0.0593 e. The van der Waals surface area contributed by atoms with Crippen LogP contribution in [0.3, 0.4) is 0 Å². The van der Waals surface area contributed by atoms with Crippen molar-refractivity contribution in [3.63, 3.8) is 0 Å². The first-order valence-corrected chi connectivity index (χ1v) is 6.63. The van der Waals surface area contributed by atoms with Gasteiger partial charge in [-0.05, 0) is 38.6 Å². The molecule has 0 aromatic carbocycles. The molecule has 3 heteroatoms. The molecule has 0 heterocycles. The van der Waals surface area contributed by atoms with Gasteiger partial charge in [-0.2, -0.15) is 0 Å². The molecule has 1 fully saturated rings. The van der Waals surface area contributed by atoms with Gasteiger partial charge in [0.05, 0.1) is 6.61 Å². The number of rotatable bonds is 6. The lowest BCUT2D eigenvalue weighted by atomic mass is 9.91. The van der Waals surface area contributed by atoms with Crippen molar-refractivity contribution >= 4 is 0 Å². The zero-order chi connectivity index (χ0) is 12.0. The second kappa shape index (κ2) is 7.25. The van der Waals surface area contributed by atoms with E-state index < -0.39 is 0 Å². The molecule has 1 aliphatic carbocycles. The van der Waals surface area contributed by atoms with E-state index >= 15 is 0 Å². The second-order valence-corrected chi connectivity index (χ2v) is 5.52. The first-order valence-electron chi connectivity index (χ1n) is 6.63. The summed E-state index contributed by atoms with van der Waals surface area (Å²) in [4.78, 5) is 2.44. The van der Waals surface area contributed by atoms with Gasteiger partial charge in [0.15, 0.2) is 0 Å². The van der Waals surface area contributed by atoms with E-state index in [1.807, 2.05) is 0 Å². The predicted molar refractivity (Wildman–Crippen MR) is 68.5 cm³/mol. The van der Waals surface area contributed by atoms with Crippen molar-refractivity contribution in [3.05, 3.63) is 0 Å². The highest BCUT2D eigenvalue weighted by Crippen LogP contribution is 2.20. The van der Waals surface area contributed by atoms with Gasteiger partial charge in [0.2, 0.25) is 0 Å². The summed E-state index contributed by atoms with van der Waals surface area (Å²) in [5, 5.41) is 0. The number of hydrogen-bond donors (Lipinski definition) is 1. The summed E-state index contributed by atoms with van der Waals surface area (Å²) in [7, 11) is 2.21. The minimum absolute atomic E-state index is 0.446. The van der Waals surface area contributed by atoms with Gasteiger partial charge in [-0.15, -0.1) is 0 Å². The molecule has 0 radical (unpaired) electrons. The Morgan fingerprint density at radius 1 is 1.25 bits per heavy atom. The fraction of sp³-hybridized carbons (Fsp3) is 1.00. The average molecular weight is 228 g/mol. The summed E-state index contributed by atoms with van der Waals surface area (Å²) in [5.74, 6) is 0.637. The van der Waals surface area contributed by atoms with Crippen molar-refractivity contribution in [2.45, 2.75) is 51.6 Å². The zero-order valence-corrected chi connectivity index (χ0v) is 11.1. The Balaban J connectivity index is 2.08. The molecular formula is C13H28N2O. The molecule has 2 N–H and O–H groups in total. The molecule has 0 spiro atoms. The van der Waals surface area contributed by atoms with Crippen LogP contribution in [0.15, 0.2) is 0 Å². The van der Waals surface area contributed by atoms with E-state index in [-0.39, 0.29) is 0 Å². The number of nitrogens with zero attached hydrogens (tertiary/aromatic N) is 1. The van der Waals surface area contributed by atoms with Gasteiger partial charge in [0.25, 0.3) is 0 Å². The number of likely N-dealkylation sites (N-methyl/N-ethyl adjacent to an activating group) is 1. The van der Waals surface area contributed by atoms with Crippen molar-refractivity contribution in [2.24, 2.45) is 11.7 Å². The quantitative estimate of drug-likeness (QED) is 0.705. The molecule has 96 valence electrons. The molecule has 0 unspecified atom stereocenters. The van der Waals surface area contributed by atoms with Crippen LogP contribution < -0.4 is 5.73 Å². The largest absolute Gasteiger partial charge is 0.380 e. The van der Waals surface area contributed by atoms with Gasteiger partial charge in [0.1, 0.15) is 0 Å². The predicted octanol–water partition coefficient (Wildman–Crippen LogP) is 1.86. The number of ether oxygens (including phenoxy) is 1. The van der Waals surface area contributed by atoms with Crippen LogP contribution in [0.2, 0.25) is 0 Å². The number of nitrogens with two attached hydrogens (primary N) is 1. The van der Waals surface area contributed by atoms with Crippen LogP contribution in [0, 0.1) is 5.92 Å². The molecular weight excluding hydrogens is 200 g/mol. The van der Waals surface area contributed by atoms with Crippen LogP contribution >= 0.6 is 0 Å². The Morgan fingerprint density at radius 3 is 2.44 bits per heavy atom. The van der Waals surface area contributed by atoms with Gasteiger partial charge in [0, 0.05) is 25.2 Å². The van der Waals surface area contributed by atoms with Crippen molar-refractivity contribution in [1.29, 1.82) is 0 Å². The van der Waals surface area contributed by atoms with Gasteiger partial charge in [-0.25, -0.2) is 0 Å². The van der Waals surface area contributed by atoms with E-state index in [0.29, 0.717) is 12.0 Å². The molecule has 16 heavy (non-hydrogen) atoms. The lowest BCUT2D eigenvalue weighted by Crippen LogP contribution is -2.40. The first-order chi connectivity index (χ1) is 7.59. The summed E-state index contributed by atoms with van der Waals surface area (Å²) in [6, 6.07) is 1.17. The Morgan fingerprint density at radius 2 is 1.88 bits per heavy atom. The summed E-state index contributed by atoms with van der Waals surface area (Å²) < 4.78 is 5.61. The molecule has 0 aromatic rings. The summed E-state index contributed by atoms with van der Waals surface area (Å²) in [6.45, 7) is 7.16. The maximum Gasteiger partial charge on any atom is 0.0593 e. The van der Waals surface area contributed by atoms with Crippen LogP contribution in [0.4, 0.5) is 0 Å². The van der Waals surface area contributed by atoms with Crippen LogP contribution in [0.5, 0.6) is 0 Å². The van der Waals surface area contributed by atoms with Gasteiger partial charge < -0.3 is 15.4 Å². The SMILES string of the molecule is CC(C)COCCN(C)C1CCC(N)CC1. The minimum Gasteiger partial charge on any atom is -0.380 e. The van der Waals surface area contributed by atoms with Gasteiger partial charge in [-0.1, -0.05) is 13.8 Å². The molecule has 0 aromatic heterocycles. The highest BCUT2D eigenvalue weighted by Gasteiger charge is 2.21. The molecule has 0 amide bonds. The van der Waals surface area contributed by atoms with Crippen LogP contribution in [-0.2, 0) is 4.74 Å². The topological polar surface area (TPSA) is 38.5 Å². The molecule has 1 saturated carbocycles. The fourth-order valence-electron chi connectivity index (χ4n) is 2.25. The van der Waals surface area contributed by atoms with Crippen LogP contribution in [-0.4, -0.2) is 43.8 Å². The lowest BCUT2D eigenvalue weighted by Gasteiger charge is -2.33. The van der Waals surface area contributed by atoms with Crippen molar-refractivity contribution in [3.8, 4) is 0 Å². The van der Waals surface area contributed by atoms with Crippen molar-refractivity contribution < 1.29 is 4.74 Å². The molecule has 0 aliphatic heterocycles. The molecule has 0 atom stereocenters. The van der Waals surface area contributed by atoms with E-state index in [1.165, 1.54) is 25.7 Å². The van der Waals surface area contributed by atoms with Crippen molar-refractivity contribution in [1.82, 2.24) is 4.90 Å². The highest BCUT2D eigenvalue weighted by atomic mass is 16.5. The highest BCUT2D eigenvalue weighted by molar-refractivity contribution is 4.79. The Hall–Kier alpha value is -0.120. The van der Waals surface area contributed by atoms with Crippen LogP contribution in [0.25, 0.3) is 0 Å². The maximum atomic E-state index is 5.91. The third kappa shape index (κ3) is 5.28. The molecule has 0 bridgehead atoms. The lowest BCUT2D eigenvalue weighted by molar-refractivity contribution is 0.0739. The Kier molecular flexibility index (Phi) is 6.32. The second-order valence-electron chi connectivity index (χ2n) is 5.52. The normalized spacial score (nSPS) is 26.6. The maximum absolute atomic E-state index is 5.91. The van der Waals surface area contributed by atoms with Gasteiger partial charge in [-0.3, -0.25) is 0 Å². The first kappa shape index (κ1) is 13.9. The third-order valence-electron chi connectivity index (χ3n) is 3.40. The minimum atomic E-state index is 0.446. The third-order valence-corrected chi connectivity index (χ3v) is 3.40. The Labute approximate surface area is 100 Å². The molecule has 0 saturated heterocycles. The molecule has 1 rings (SSSR count). The molecule has 3 nitrogen and oxygen atoms in total. The Bertz CT molecular complexity index is 177. The van der Waals surface area contributed by atoms with E-state index in [4.69, 9.17) is 10.5 Å². The standard InChI is InChI=1S/C13H28N2O/c1-11(2)10-16-9-8-15(3)13-6-4-12(14)5-7-13/h11-13H,4-10,14H2,1-3H3. The monoisotopic (exact) mass is 228 g/mol. The van der Waals surface area contributed by atoms with E-state index in [0.717, 1.165) is 25.8 Å². The zero-order valence-electron chi connectivity index (χ0n) is 11.1. The summed E-state index contributed by atoms with van der Waals surface area (Å²) in [5.41, 5.74) is 5.91. The average Bonchev–Trinajstić information content (AvgIpc) is 2.25. The molecule has 1 aliphatic rings. The van der Waals surface area contributed by atoms with Gasteiger partial charge >= 0.3 is 0 Å². The van der Waals surface area contributed by atoms with Crippen LogP contribution in [0.1, 0.15) is 39.5 Å². The fourth-order valence-corrected chi connectivity index (χ4v) is 2.25. The van der Waals surface area contributed by atoms with E-state index in [9.17, 15) is 0 Å². The number of hydrogen-bond acceptors (Lipinski definition) is 3. The summed E-state index contributed by atoms with van der Waals surface area (Å²) >= 11 is 0. The summed E-state index contributed by atoms with van der Waals surface area (Å²) in [6.07, 6.45) is 4.87. The van der Waals surface area contributed by atoms with E-state index in [1.54, 1.807) is 0 Å². The van der Waals surface area contributed by atoms with Crippen molar-refractivity contribution in [2.75, 3.05) is 26.8 Å². The van der Waals surface area contributed by atoms with E-state index in [2.05, 4.69) is 25.8 Å².